The number of methoxy groups -OCH3 is 1. The van der Waals surface area contributed by atoms with Crippen molar-refractivity contribution in [2.45, 2.75) is 0 Å². The summed E-state index contributed by atoms with van der Waals surface area (Å²) in [4.78, 5) is 25.0. The molecule has 0 bridgehead atoms. The molecule has 7 heteroatoms. The van der Waals surface area contributed by atoms with E-state index in [1.807, 2.05) is 6.07 Å². The minimum Gasteiger partial charge on any atom is -0.497 e. The zero-order chi connectivity index (χ0) is 21.1. The van der Waals surface area contributed by atoms with Crippen LogP contribution in [-0.2, 0) is 0 Å². The van der Waals surface area contributed by atoms with Gasteiger partial charge in [-0.15, -0.1) is 0 Å². The zero-order valence-electron chi connectivity index (χ0n) is 15.8. The van der Waals surface area contributed by atoms with E-state index in [4.69, 9.17) is 18.6 Å². The number of ether oxygens (including phenoxy) is 3. The topological polar surface area (TPSA) is 75.0 Å². The minimum atomic E-state index is -0.516. The molecule has 0 atom stereocenters. The lowest BCUT2D eigenvalue weighted by atomic mass is 10.2. The Balaban J connectivity index is 1.57. The van der Waals surface area contributed by atoms with E-state index in [-0.39, 0.29) is 22.5 Å². The maximum Gasteiger partial charge on any atom is 0.343 e. The van der Waals surface area contributed by atoms with Gasteiger partial charge >= 0.3 is 5.97 Å². The highest BCUT2D eigenvalue weighted by Gasteiger charge is 2.13. The third kappa shape index (κ3) is 4.21. The molecule has 0 fully saturated rings. The number of carbonyl (C=O) groups is 1. The number of benzene rings is 3. The zero-order valence-corrected chi connectivity index (χ0v) is 17.3. The van der Waals surface area contributed by atoms with Crippen molar-refractivity contribution < 1.29 is 23.4 Å². The average Bonchev–Trinajstić information content (AvgIpc) is 2.76. The van der Waals surface area contributed by atoms with E-state index in [0.29, 0.717) is 22.4 Å². The fourth-order valence-electron chi connectivity index (χ4n) is 2.78. The fraction of sp³-hybridized carbons (Fsp3) is 0.0435. The lowest BCUT2D eigenvalue weighted by Crippen LogP contribution is -2.09. The summed E-state index contributed by atoms with van der Waals surface area (Å²) in [5.41, 5.74) is 0.340. The lowest BCUT2D eigenvalue weighted by Gasteiger charge is -2.08. The molecule has 0 aliphatic rings. The molecule has 0 aliphatic carbocycles. The molecular weight excluding hydrogens is 452 g/mol. The monoisotopic (exact) mass is 466 g/mol. The molecule has 0 spiro atoms. The van der Waals surface area contributed by atoms with E-state index in [0.717, 1.165) is 4.47 Å². The molecule has 6 nitrogen and oxygen atoms in total. The van der Waals surface area contributed by atoms with Crippen LogP contribution in [0.1, 0.15) is 10.4 Å². The van der Waals surface area contributed by atoms with Crippen molar-refractivity contribution in [3.8, 4) is 23.0 Å². The van der Waals surface area contributed by atoms with E-state index in [2.05, 4.69) is 15.9 Å². The number of fused-ring (bicyclic) bond motifs is 1. The van der Waals surface area contributed by atoms with Crippen molar-refractivity contribution in [2.24, 2.45) is 0 Å². The quantitative estimate of drug-likeness (QED) is 0.282. The highest BCUT2D eigenvalue weighted by atomic mass is 79.9. The van der Waals surface area contributed by atoms with Crippen molar-refractivity contribution in [1.29, 1.82) is 0 Å². The molecule has 0 unspecified atom stereocenters. The predicted octanol–water partition coefficient (Wildman–Crippen LogP) is 5.58. The van der Waals surface area contributed by atoms with Crippen LogP contribution in [-0.4, -0.2) is 13.1 Å². The van der Waals surface area contributed by atoms with E-state index in [9.17, 15) is 9.59 Å². The normalized spacial score (nSPS) is 10.6. The SMILES string of the molecule is COc1ccc(Oc2coc3cc(OC(=O)c4cccc(Br)c4)ccc3c2=O)cc1. The summed E-state index contributed by atoms with van der Waals surface area (Å²) >= 11 is 3.32. The van der Waals surface area contributed by atoms with Gasteiger partial charge in [-0.25, -0.2) is 4.79 Å². The van der Waals surface area contributed by atoms with E-state index >= 15 is 0 Å². The Kier molecular flexibility index (Phi) is 5.54. The Bertz CT molecular complexity index is 1280. The van der Waals surface area contributed by atoms with Crippen molar-refractivity contribution in [1.82, 2.24) is 0 Å². The molecule has 0 saturated heterocycles. The molecule has 0 radical (unpaired) electrons. The number of hydrogen-bond donors (Lipinski definition) is 0. The summed E-state index contributed by atoms with van der Waals surface area (Å²) in [6.07, 6.45) is 1.23. The lowest BCUT2D eigenvalue weighted by molar-refractivity contribution is 0.0735. The first-order valence-corrected chi connectivity index (χ1v) is 9.68. The maximum absolute atomic E-state index is 12.7. The van der Waals surface area contributed by atoms with Gasteiger partial charge in [0.05, 0.1) is 18.1 Å². The third-order valence-electron chi connectivity index (χ3n) is 4.27. The summed E-state index contributed by atoms with van der Waals surface area (Å²) in [5.74, 6) is 0.948. The molecule has 150 valence electrons. The van der Waals surface area contributed by atoms with Crippen molar-refractivity contribution in [3.63, 3.8) is 0 Å². The number of carbonyl (C=O) groups excluding carboxylic acids is 1. The molecule has 0 saturated carbocycles. The van der Waals surface area contributed by atoms with Gasteiger partial charge in [0.15, 0.2) is 0 Å². The predicted molar refractivity (Wildman–Crippen MR) is 115 cm³/mol. The first kappa shape index (κ1) is 19.7. The van der Waals surface area contributed by atoms with Crippen molar-refractivity contribution in [3.05, 3.63) is 93.3 Å². The van der Waals surface area contributed by atoms with Crippen molar-refractivity contribution >= 4 is 32.9 Å². The van der Waals surface area contributed by atoms with Gasteiger partial charge in [-0.1, -0.05) is 22.0 Å². The molecule has 1 heterocycles. The first-order valence-electron chi connectivity index (χ1n) is 8.89. The van der Waals surface area contributed by atoms with E-state index in [1.54, 1.807) is 49.6 Å². The highest BCUT2D eigenvalue weighted by Crippen LogP contribution is 2.26. The second kappa shape index (κ2) is 8.42. The summed E-state index contributed by atoms with van der Waals surface area (Å²) in [5, 5.41) is 0.309. The van der Waals surface area contributed by atoms with Gasteiger partial charge in [0.1, 0.15) is 29.1 Å². The Hall–Kier alpha value is -3.58. The molecule has 0 aliphatic heterocycles. The number of rotatable bonds is 5. The number of esters is 1. The minimum absolute atomic E-state index is 0.0477. The van der Waals surface area contributed by atoms with Gasteiger partial charge in [-0.05, 0) is 54.6 Å². The van der Waals surface area contributed by atoms with Crippen LogP contribution >= 0.6 is 15.9 Å². The second-order valence-electron chi connectivity index (χ2n) is 6.26. The molecule has 0 N–H and O–H groups in total. The highest BCUT2D eigenvalue weighted by molar-refractivity contribution is 9.10. The maximum atomic E-state index is 12.7. The van der Waals surface area contributed by atoms with Crippen LogP contribution in [0.15, 0.2) is 86.7 Å². The van der Waals surface area contributed by atoms with Crippen LogP contribution < -0.4 is 19.6 Å². The summed E-state index contributed by atoms with van der Waals surface area (Å²) in [6, 6.07) is 18.2. The molecule has 1 aromatic heterocycles. The smallest absolute Gasteiger partial charge is 0.343 e. The summed E-state index contributed by atoms with van der Waals surface area (Å²) in [6.45, 7) is 0. The Morgan fingerprint density at radius 3 is 2.40 bits per heavy atom. The summed E-state index contributed by atoms with van der Waals surface area (Å²) in [7, 11) is 1.57. The Morgan fingerprint density at radius 1 is 0.933 bits per heavy atom. The van der Waals surface area contributed by atoms with Crippen LogP contribution in [0.2, 0.25) is 0 Å². The Morgan fingerprint density at radius 2 is 1.67 bits per heavy atom. The van der Waals surface area contributed by atoms with Crippen LogP contribution in [0.3, 0.4) is 0 Å². The number of hydrogen-bond acceptors (Lipinski definition) is 6. The van der Waals surface area contributed by atoms with Crippen LogP contribution in [0.25, 0.3) is 11.0 Å². The van der Waals surface area contributed by atoms with Crippen LogP contribution in [0.4, 0.5) is 0 Å². The molecular formula is C23H15BrO6. The fourth-order valence-corrected chi connectivity index (χ4v) is 3.18. The largest absolute Gasteiger partial charge is 0.497 e. The average molecular weight is 467 g/mol. The molecule has 3 aromatic carbocycles. The van der Waals surface area contributed by atoms with Gasteiger partial charge in [-0.3, -0.25) is 4.79 Å². The van der Waals surface area contributed by atoms with Crippen molar-refractivity contribution in [2.75, 3.05) is 7.11 Å². The summed E-state index contributed by atoms with van der Waals surface area (Å²) < 4.78 is 22.4. The van der Waals surface area contributed by atoms with E-state index in [1.165, 1.54) is 24.5 Å². The van der Waals surface area contributed by atoms with Gasteiger partial charge < -0.3 is 18.6 Å². The molecule has 4 rings (SSSR count). The third-order valence-corrected chi connectivity index (χ3v) is 4.77. The van der Waals surface area contributed by atoms with E-state index < -0.39 is 5.97 Å². The van der Waals surface area contributed by atoms with Gasteiger partial charge in [-0.2, -0.15) is 0 Å². The molecule has 0 amide bonds. The van der Waals surface area contributed by atoms with Crippen LogP contribution in [0, 0.1) is 0 Å². The Labute approximate surface area is 179 Å². The van der Waals surface area contributed by atoms with Gasteiger partial charge in [0, 0.05) is 10.5 Å². The second-order valence-corrected chi connectivity index (χ2v) is 7.18. The first-order chi connectivity index (χ1) is 14.5. The van der Waals surface area contributed by atoms with Crippen LogP contribution in [0.5, 0.6) is 23.0 Å². The standard InChI is InChI=1S/C23H15BrO6/c1-27-16-5-7-17(8-6-16)29-21-13-28-20-12-18(9-10-19(20)22(21)25)30-23(26)14-3-2-4-15(24)11-14/h2-13H,1H3. The van der Waals surface area contributed by atoms with Gasteiger partial charge in [0.25, 0.3) is 0 Å². The van der Waals surface area contributed by atoms with Gasteiger partial charge in [0.2, 0.25) is 11.2 Å². The molecule has 30 heavy (non-hydrogen) atoms. The number of halogens is 1. The molecule has 4 aromatic rings.